The summed E-state index contributed by atoms with van der Waals surface area (Å²) in [6, 6.07) is -0.371. The Kier molecular flexibility index (Phi) is 3.66. The minimum Gasteiger partial charge on any atom is -0.465 e. The molecule has 0 saturated carbocycles. The summed E-state index contributed by atoms with van der Waals surface area (Å²) < 4.78 is 6.04. The van der Waals surface area contributed by atoms with Crippen molar-refractivity contribution < 1.29 is 14.3 Å². The number of aromatic nitrogens is 2. The Labute approximate surface area is 114 Å². The van der Waals surface area contributed by atoms with Gasteiger partial charge in [-0.2, -0.15) is 0 Å². The fourth-order valence-electron chi connectivity index (χ4n) is 1.60. The number of rotatable bonds is 2. The van der Waals surface area contributed by atoms with Crippen LogP contribution in [-0.4, -0.2) is 28.7 Å². The Balaban J connectivity index is 2.33. The lowest BCUT2D eigenvalue weighted by molar-refractivity contribution is 0.0601. The van der Waals surface area contributed by atoms with Crippen molar-refractivity contribution in [1.82, 2.24) is 9.55 Å². The van der Waals surface area contributed by atoms with Gasteiger partial charge in [0.15, 0.2) is 0 Å². The number of aryl methyl sites for hydroxylation is 1. The first kappa shape index (κ1) is 13.3. The first-order valence-corrected chi connectivity index (χ1v) is 6.34. The van der Waals surface area contributed by atoms with Crippen molar-refractivity contribution in [3.63, 3.8) is 0 Å². The minimum absolute atomic E-state index is 0.371. The Hall–Kier alpha value is -2.15. The van der Waals surface area contributed by atoms with Crippen LogP contribution in [0.4, 0.5) is 9.80 Å². The van der Waals surface area contributed by atoms with E-state index >= 15 is 0 Å². The topological polar surface area (TPSA) is 73.2 Å². The molecule has 100 valence electrons. The second-order valence-corrected chi connectivity index (χ2v) is 5.10. The summed E-state index contributed by atoms with van der Waals surface area (Å²) >= 11 is 1.34. The molecular formula is C12H13N3O3S. The van der Waals surface area contributed by atoms with Crippen LogP contribution in [0.5, 0.6) is 0 Å². The number of hydrogen-bond donors (Lipinski definition) is 1. The number of nitrogens with one attached hydrogen (secondary N) is 1. The molecule has 2 aromatic rings. The quantitative estimate of drug-likeness (QED) is 0.857. The number of ether oxygens (including phenoxy) is 1. The first-order valence-electron chi connectivity index (χ1n) is 5.52. The lowest BCUT2D eigenvalue weighted by Gasteiger charge is -2.05. The molecule has 0 saturated heterocycles. The summed E-state index contributed by atoms with van der Waals surface area (Å²) in [5.41, 5.74) is 1.22. The fraction of sp³-hybridized carbons (Fsp3) is 0.250. The van der Waals surface area contributed by atoms with Crippen molar-refractivity contribution in [2.45, 2.75) is 13.8 Å². The number of carbonyl (C=O) groups excluding carboxylic acids is 2. The number of anilines is 1. The van der Waals surface area contributed by atoms with Crippen molar-refractivity contribution in [1.29, 1.82) is 0 Å². The molecule has 1 N–H and O–H groups in total. The number of thiophene rings is 1. The zero-order valence-electron chi connectivity index (χ0n) is 10.8. The van der Waals surface area contributed by atoms with Gasteiger partial charge in [0.25, 0.3) is 0 Å². The molecule has 2 heterocycles. The Morgan fingerprint density at radius 2 is 2.16 bits per heavy atom. The van der Waals surface area contributed by atoms with Gasteiger partial charge in [0.2, 0.25) is 0 Å². The van der Waals surface area contributed by atoms with E-state index in [0.717, 1.165) is 10.4 Å². The molecule has 0 spiro atoms. The van der Waals surface area contributed by atoms with Crippen LogP contribution in [-0.2, 0) is 4.74 Å². The van der Waals surface area contributed by atoms with Crippen LogP contribution < -0.4 is 5.32 Å². The molecule has 19 heavy (non-hydrogen) atoms. The number of hydrogen-bond acceptors (Lipinski definition) is 5. The van der Waals surface area contributed by atoms with E-state index in [0.29, 0.717) is 10.6 Å². The van der Waals surface area contributed by atoms with Crippen molar-refractivity contribution in [2.24, 2.45) is 0 Å². The Morgan fingerprint density at radius 3 is 2.74 bits per heavy atom. The molecule has 6 nitrogen and oxygen atoms in total. The van der Waals surface area contributed by atoms with Crippen molar-refractivity contribution in [3.8, 4) is 0 Å². The number of carbonyl (C=O) groups is 2. The summed E-state index contributed by atoms with van der Waals surface area (Å²) in [6.45, 7) is 3.71. The molecule has 7 heteroatoms. The number of imidazole rings is 1. The molecule has 0 atom stereocenters. The SMILES string of the molecule is COC(=O)c1c(NC(=O)n2ccnc2)sc(C)c1C. The van der Waals surface area contributed by atoms with Crippen molar-refractivity contribution >= 4 is 28.3 Å². The summed E-state index contributed by atoms with van der Waals surface area (Å²) in [6.07, 6.45) is 4.42. The van der Waals surface area contributed by atoms with E-state index in [2.05, 4.69) is 10.3 Å². The van der Waals surface area contributed by atoms with E-state index in [4.69, 9.17) is 4.74 Å². The highest BCUT2D eigenvalue weighted by Crippen LogP contribution is 2.32. The molecule has 0 unspecified atom stereocenters. The van der Waals surface area contributed by atoms with E-state index in [1.165, 1.54) is 41.7 Å². The summed E-state index contributed by atoms with van der Waals surface area (Å²) in [4.78, 5) is 28.4. The molecule has 0 radical (unpaired) electrons. The van der Waals surface area contributed by atoms with Gasteiger partial charge in [-0.1, -0.05) is 0 Å². The standard InChI is InChI=1S/C12H13N3O3S/c1-7-8(2)19-10(9(7)11(16)18-3)14-12(17)15-5-4-13-6-15/h4-6H,1-3H3,(H,14,17). The Bertz CT molecular complexity index is 616. The van der Waals surface area contributed by atoms with Gasteiger partial charge in [-0.25, -0.2) is 14.6 Å². The van der Waals surface area contributed by atoms with Gasteiger partial charge in [-0.05, 0) is 19.4 Å². The maximum absolute atomic E-state index is 11.9. The van der Waals surface area contributed by atoms with E-state index in [-0.39, 0.29) is 6.03 Å². The predicted octanol–water partition coefficient (Wildman–Crippen LogP) is 2.43. The number of nitrogens with zero attached hydrogens (tertiary/aromatic N) is 2. The lowest BCUT2D eigenvalue weighted by Crippen LogP contribution is -2.19. The molecule has 2 rings (SSSR count). The van der Waals surface area contributed by atoms with E-state index in [1.54, 1.807) is 0 Å². The molecule has 0 fully saturated rings. The molecule has 0 aliphatic carbocycles. The highest BCUT2D eigenvalue weighted by atomic mass is 32.1. The first-order chi connectivity index (χ1) is 9.04. The number of methoxy groups -OCH3 is 1. The van der Waals surface area contributed by atoms with Crippen LogP contribution in [0.25, 0.3) is 0 Å². The monoisotopic (exact) mass is 279 g/mol. The van der Waals surface area contributed by atoms with Gasteiger partial charge in [0, 0.05) is 17.3 Å². The zero-order valence-corrected chi connectivity index (χ0v) is 11.6. The van der Waals surface area contributed by atoms with Gasteiger partial charge in [0.1, 0.15) is 11.3 Å². The molecule has 0 aliphatic rings. The Morgan fingerprint density at radius 1 is 1.42 bits per heavy atom. The van der Waals surface area contributed by atoms with E-state index in [9.17, 15) is 9.59 Å². The summed E-state index contributed by atoms with van der Waals surface area (Å²) in [5.74, 6) is -0.456. The van der Waals surface area contributed by atoms with Gasteiger partial charge >= 0.3 is 12.0 Å². The summed E-state index contributed by atoms with van der Waals surface area (Å²) in [7, 11) is 1.32. The second-order valence-electron chi connectivity index (χ2n) is 3.88. The second kappa shape index (κ2) is 5.23. The average Bonchev–Trinajstić information content (AvgIpc) is 2.99. The van der Waals surface area contributed by atoms with Gasteiger partial charge < -0.3 is 4.74 Å². The third-order valence-electron chi connectivity index (χ3n) is 2.73. The fourth-order valence-corrected chi connectivity index (χ4v) is 2.64. The van der Waals surface area contributed by atoms with Gasteiger partial charge in [-0.15, -0.1) is 11.3 Å². The average molecular weight is 279 g/mol. The third-order valence-corrected chi connectivity index (χ3v) is 3.86. The molecule has 1 amide bonds. The maximum Gasteiger partial charge on any atom is 0.341 e. The number of esters is 1. The highest BCUT2D eigenvalue weighted by Gasteiger charge is 2.21. The largest absolute Gasteiger partial charge is 0.465 e. The van der Waals surface area contributed by atoms with Crippen LogP contribution in [0.1, 0.15) is 20.8 Å². The minimum atomic E-state index is -0.456. The molecule has 0 bridgehead atoms. The van der Waals surface area contributed by atoms with Crippen LogP contribution >= 0.6 is 11.3 Å². The molecule has 0 aliphatic heterocycles. The molecular weight excluding hydrogens is 266 g/mol. The smallest absolute Gasteiger partial charge is 0.341 e. The number of amides is 1. The normalized spacial score (nSPS) is 10.3. The van der Waals surface area contributed by atoms with Crippen LogP contribution in [0.15, 0.2) is 18.7 Å². The molecule has 2 aromatic heterocycles. The van der Waals surface area contributed by atoms with Gasteiger partial charge in [0.05, 0.1) is 12.7 Å². The lowest BCUT2D eigenvalue weighted by atomic mass is 10.1. The van der Waals surface area contributed by atoms with Crippen LogP contribution in [0.2, 0.25) is 0 Å². The highest BCUT2D eigenvalue weighted by molar-refractivity contribution is 7.16. The predicted molar refractivity (Wildman–Crippen MR) is 71.8 cm³/mol. The zero-order chi connectivity index (χ0) is 14.0. The maximum atomic E-state index is 11.9. The van der Waals surface area contributed by atoms with Crippen molar-refractivity contribution in [3.05, 3.63) is 34.7 Å². The molecule has 0 aromatic carbocycles. The van der Waals surface area contributed by atoms with Crippen molar-refractivity contribution in [2.75, 3.05) is 12.4 Å². The van der Waals surface area contributed by atoms with Crippen LogP contribution in [0, 0.1) is 13.8 Å². The van der Waals surface area contributed by atoms with Gasteiger partial charge in [-0.3, -0.25) is 9.88 Å². The summed E-state index contributed by atoms with van der Waals surface area (Å²) in [5, 5.41) is 3.18. The third kappa shape index (κ3) is 2.50. The van der Waals surface area contributed by atoms with Crippen LogP contribution in [0.3, 0.4) is 0 Å². The van der Waals surface area contributed by atoms with E-state index < -0.39 is 5.97 Å². The van der Waals surface area contributed by atoms with E-state index in [1.807, 2.05) is 13.8 Å².